The van der Waals surface area contributed by atoms with Crippen molar-refractivity contribution in [2.24, 2.45) is 0 Å². The van der Waals surface area contributed by atoms with E-state index in [9.17, 15) is 0 Å². The average molecular weight is 386 g/mol. The molecular weight excluding hydrogens is 354 g/mol. The van der Waals surface area contributed by atoms with Gasteiger partial charge in [-0.2, -0.15) is 0 Å². The van der Waals surface area contributed by atoms with Gasteiger partial charge < -0.3 is 9.64 Å². The van der Waals surface area contributed by atoms with Crippen LogP contribution in [0.15, 0.2) is 91.5 Å². The van der Waals surface area contributed by atoms with E-state index < -0.39 is 0 Å². The van der Waals surface area contributed by atoms with E-state index in [4.69, 9.17) is 4.74 Å². The summed E-state index contributed by atoms with van der Waals surface area (Å²) in [5, 5.41) is 0. The first kappa shape index (κ1) is 20.9. The van der Waals surface area contributed by atoms with Crippen LogP contribution in [0.25, 0.3) is 0 Å². The van der Waals surface area contributed by atoms with E-state index in [1.807, 2.05) is 0 Å². The third kappa shape index (κ3) is 6.07. The summed E-state index contributed by atoms with van der Waals surface area (Å²) >= 11 is 0. The monoisotopic (exact) mass is 385 g/mol. The number of benzene rings is 3. The first-order chi connectivity index (χ1) is 14.3. The van der Waals surface area contributed by atoms with E-state index in [0.29, 0.717) is 13.2 Å². The molecule has 0 aliphatic carbocycles. The Morgan fingerprint density at radius 3 is 1.86 bits per heavy atom. The van der Waals surface area contributed by atoms with Crippen molar-refractivity contribution in [3.05, 3.63) is 103 Å². The molecule has 0 aromatic heterocycles. The quantitative estimate of drug-likeness (QED) is 0.255. The summed E-state index contributed by atoms with van der Waals surface area (Å²) in [6, 6.07) is 28.3. The number of anilines is 3. The highest BCUT2D eigenvalue weighted by molar-refractivity contribution is 5.76. The van der Waals surface area contributed by atoms with Crippen molar-refractivity contribution in [1.82, 2.24) is 0 Å². The molecule has 150 valence electrons. The summed E-state index contributed by atoms with van der Waals surface area (Å²) in [6.07, 6.45) is 6.30. The normalized spacial score (nSPS) is 10.7. The van der Waals surface area contributed by atoms with Gasteiger partial charge in [-0.05, 0) is 66.8 Å². The number of rotatable bonds is 11. The Morgan fingerprint density at radius 1 is 0.759 bits per heavy atom. The fourth-order valence-electron chi connectivity index (χ4n) is 3.39. The van der Waals surface area contributed by atoms with Crippen LogP contribution in [0, 0.1) is 0 Å². The molecule has 2 heteroatoms. The molecule has 3 rings (SSSR count). The molecule has 0 spiro atoms. The van der Waals surface area contributed by atoms with Crippen LogP contribution in [0.4, 0.5) is 17.1 Å². The second-order valence-electron chi connectivity index (χ2n) is 7.22. The van der Waals surface area contributed by atoms with Crippen molar-refractivity contribution in [3.63, 3.8) is 0 Å². The van der Waals surface area contributed by atoms with Crippen molar-refractivity contribution in [2.45, 2.75) is 32.6 Å². The summed E-state index contributed by atoms with van der Waals surface area (Å²) in [6.45, 7) is 7.24. The predicted molar refractivity (Wildman–Crippen MR) is 124 cm³/mol. The summed E-state index contributed by atoms with van der Waals surface area (Å²) in [5.41, 5.74) is 6.18. The molecule has 3 aromatic rings. The van der Waals surface area contributed by atoms with E-state index in [0.717, 1.165) is 24.2 Å². The van der Waals surface area contributed by atoms with E-state index >= 15 is 0 Å². The highest BCUT2D eigenvalue weighted by atomic mass is 16.5. The Labute approximate surface area is 175 Å². The minimum atomic E-state index is 0.605. The molecule has 0 heterocycles. The Kier molecular flexibility index (Phi) is 8.09. The lowest BCUT2D eigenvalue weighted by molar-refractivity contribution is 0.166. The molecule has 2 nitrogen and oxygen atoms in total. The van der Waals surface area contributed by atoms with Crippen LogP contribution in [0.2, 0.25) is 0 Å². The molecule has 0 atom stereocenters. The maximum Gasteiger partial charge on any atom is 0.0644 e. The van der Waals surface area contributed by atoms with Crippen LogP contribution in [-0.2, 0) is 17.6 Å². The highest BCUT2D eigenvalue weighted by Gasteiger charge is 2.12. The second-order valence-corrected chi connectivity index (χ2v) is 7.22. The molecule has 0 N–H and O–H groups in total. The van der Waals surface area contributed by atoms with Crippen molar-refractivity contribution in [1.29, 1.82) is 0 Å². The Morgan fingerprint density at radius 2 is 1.31 bits per heavy atom. The maximum absolute atomic E-state index is 5.51. The van der Waals surface area contributed by atoms with E-state index in [1.54, 1.807) is 6.08 Å². The zero-order valence-electron chi connectivity index (χ0n) is 17.4. The van der Waals surface area contributed by atoms with Gasteiger partial charge >= 0.3 is 0 Å². The van der Waals surface area contributed by atoms with Gasteiger partial charge in [0, 0.05) is 17.1 Å². The molecule has 0 amide bonds. The lowest BCUT2D eigenvalue weighted by Gasteiger charge is -2.26. The van der Waals surface area contributed by atoms with Crippen LogP contribution >= 0.6 is 0 Å². The smallest absolute Gasteiger partial charge is 0.0644 e. The molecule has 3 aromatic carbocycles. The van der Waals surface area contributed by atoms with Gasteiger partial charge in [0.2, 0.25) is 0 Å². The van der Waals surface area contributed by atoms with E-state index in [2.05, 4.69) is 97.3 Å². The Hall–Kier alpha value is -2.84. The minimum absolute atomic E-state index is 0.605. The zero-order chi connectivity index (χ0) is 20.3. The van der Waals surface area contributed by atoms with Crippen LogP contribution < -0.4 is 4.90 Å². The standard InChI is InChI=1S/C27H31NO/c1-3-5-9-23-12-16-26(17-13-23)28(25-10-7-6-8-11-25)27-18-14-24(15-19-27)20-22-29-21-4-2/h4,6-8,10-19H,2-3,5,9,20-22H2,1H3. The van der Waals surface area contributed by atoms with Gasteiger partial charge in [0.15, 0.2) is 0 Å². The summed E-state index contributed by atoms with van der Waals surface area (Å²) in [7, 11) is 0. The molecule has 0 fully saturated rings. The third-order valence-corrected chi connectivity index (χ3v) is 4.99. The number of para-hydroxylation sites is 1. The summed E-state index contributed by atoms with van der Waals surface area (Å²) in [5.74, 6) is 0. The molecule has 0 aliphatic heterocycles. The van der Waals surface area contributed by atoms with Crippen LogP contribution in [0.3, 0.4) is 0 Å². The molecule has 0 bridgehead atoms. The number of hydrogen-bond acceptors (Lipinski definition) is 2. The molecule has 0 radical (unpaired) electrons. The number of hydrogen-bond donors (Lipinski definition) is 0. The van der Waals surface area contributed by atoms with Gasteiger partial charge in [-0.15, -0.1) is 6.58 Å². The molecule has 0 aliphatic rings. The van der Waals surface area contributed by atoms with Crippen molar-refractivity contribution < 1.29 is 4.74 Å². The summed E-state index contributed by atoms with van der Waals surface area (Å²) < 4.78 is 5.51. The van der Waals surface area contributed by atoms with Crippen molar-refractivity contribution in [2.75, 3.05) is 18.1 Å². The molecule has 0 saturated carbocycles. The Balaban J connectivity index is 1.82. The van der Waals surface area contributed by atoms with Gasteiger partial charge in [0.05, 0.1) is 13.2 Å². The second kappa shape index (κ2) is 11.2. The molecular formula is C27H31NO. The van der Waals surface area contributed by atoms with Gasteiger partial charge in [-0.3, -0.25) is 0 Å². The molecule has 0 unspecified atom stereocenters. The number of nitrogens with zero attached hydrogens (tertiary/aromatic N) is 1. The van der Waals surface area contributed by atoms with Gasteiger partial charge in [-0.25, -0.2) is 0 Å². The molecule has 0 saturated heterocycles. The lowest BCUT2D eigenvalue weighted by atomic mass is 10.1. The van der Waals surface area contributed by atoms with Crippen LogP contribution in [0.5, 0.6) is 0 Å². The number of unbranched alkanes of at least 4 members (excludes halogenated alkanes) is 1. The fourth-order valence-corrected chi connectivity index (χ4v) is 3.39. The maximum atomic E-state index is 5.51. The largest absolute Gasteiger partial charge is 0.377 e. The lowest BCUT2D eigenvalue weighted by Crippen LogP contribution is -2.10. The van der Waals surface area contributed by atoms with Crippen LogP contribution in [-0.4, -0.2) is 13.2 Å². The van der Waals surface area contributed by atoms with Gasteiger partial charge in [-0.1, -0.05) is 61.9 Å². The molecule has 29 heavy (non-hydrogen) atoms. The topological polar surface area (TPSA) is 12.5 Å². The first-order valence-electron chi connectivity index (χ1n) is 10.5. The van der Waals surface area contributed by atoms with Crippen molar-refractivity contribution >= 4 is 17.1 Å². The Bertz CT molecular complexity index is 853. The van der Waals surface area contributed by atoms with E-state index in [1.165, 1.54) is 29.7 Å². The van der Waals surface area contributed by atoms with E-state index in [-0.39, 0.29) is 0 Å². The predicted octanol–water partition coefficient (Wildman–Crippen LogP) is 7.24. The summed E-state index contributed by atoms with van der Waals surface area (Å²) in [4.78, 5) is 2.31. The minimum Gasteiger partial charge on any atom is -0.377 e. The number of aryl methyl sites for hydroxylation is 1. The van der Waals surface area contributed by atoms with Crippen LogP contribution in [0.1, 0.15) is 30.9 Å². The van der Waals surface area contributed by atoms with Gasteiger partial charge in [0.1, 0.15) is 0 Å². The zero-order valence-corrected chi connectivity index (χ0v) is 17.4. The van der Waals surface area contributed by atoms with Crippen molar-refractivity contribution in [3.8, 4) is 0 Å². The third-order valence-electron chi connectivity index (χ3n) is 4.99. The average Bonchev–Trinajstić information content (AvgIpc) is 2.78. The fraction of sp³-hybridized carbons (Fsp3) is 0.259. The number of ether oxygens (including phenoxy) is 1. The highest BCUT2D eigenvalue weighted by Crippen LogP contribution is 2.34. The first-order valence-corrected chi connectivity index (χ1v) is 10.5. The van der Waals surface area contributed by atoms with Gasteiger partial charge in [0.25, 0.3) is 0 Å². The SMILES string of the molecule is C=CCOCCc1ccc(N(c2ccccc2)c2ccc(CCCC)cc2)cc1.